The summed E-state index contributed by atoms with van der Waals surface area (Å²) in [5.41, 5.74) is 9.59. The molecule has 1 heterocycles. The van der Waals surface area contributed by atoms with Gasteiger partial charge >= 0.3 is 0 Å². The number of aryl methyl sites for hydroxylation is 2. The van der Waals surface area contributed by atoms with E-state index in [2.05, 4.69) is 18.1 Å². The second-order valence-electron chi connectivity index (χ2n) is 4.57. The minimum absolute atomic E-state index is 0.0607. The van der Waals surface area contributed by atoms with Crippen molar-refractivity contribution >= 4 is 0 Å². The van der Waals surface area contributed by atoms with Crippen LogP contribution in [0.3, 0.4) is 0 Å². The van der Waals surface area contributed by atoms with Crippen LogP contribution in [0, 0.1) is 6.92 Å². The quantitative estimate of drug-likeness (QED) is 0.896. The maximum absolute atomic E-state index is 6.21. The zero-order valence-corrected chi connectivity index (χ0v) is 11.1. The Labute approximate surface area is 107 Å². The maximum atomic E-state index is 6.21. The predicted molar refractivity (Wildman–Crippen MR) is 71.6 cm³/mol. The first-order valence-corrected chi connectivity index (χ1v) is 5.98. The third-order valence-electron chi connectivity index (χ3n) is 3.03. The van der Waals surface area contributed by atoms with Gasteiger partial charge in [0.2, 0.25) is 0 Å². The Morgan fingerprint density at radius 1 is 1.44 bits per heavy atom. The molecule has 2 N–H and O–H groups in total. The number of nitrogens with zero attached hydrogens (tertiary/aromatic N) is 2. The fourth-order valence-electron chi connectivity index (χ4n) is 2.05. The van der Waals surface area contributed by atoms with E-state index in [4.69, 9.17) is 10.5 Å². The summed E-state index contributed by atoms with van der Waals surface area (Å²) >= 11 is 0. The normalized spacial score (nSPS) is 12.4. The lowest BCUT2D eigenvalue weighted by atomic mass is 10.00. The van der Waals surface area contributed by atoms with Crippen molar-refractivity contribution in [2.24, 2.45) is 12.8 Å². The van der Waals surface area contributed by atoms with Gasteiger partial charge in [-0.1, -0.05) is 17.7 Å². The number of methoxy groups -OCH3 is 1. The van der Waals surface area contributed by atoms with Gasteiger partial charge in [-0.05, 0) is 25.0 Å². The fraction of sp³-hybridized carbons (Fsp3) is 0.357. The molecule has 1 atom stereocenters. The summed E-state index contributed by atoms with van der Waals surface area (Å²) in [4.78, 5) is 0. The Morgan fingerprint density at radius 3 is 2.83 bits per heavy atom. The molecule has 1 aromatic heterocycles. The van der Waals surface area contributed by atoms with Crippen LogP contribution in [0.1, 0.15) is 22.7 Å². The van der Waals surface area contributed by atoms with Gasteiger partial charge in [0.25, 0.3) is 0 Å². The zero-order valence-electron chi connectivity index (χ0n) is 11.1. The number of hydrogen-bond acceptors (Lipinski definition) is 3. The third-order valence-corrected chi connectivity index (χ3v) is 3.03. The number of benzene rings is 1. The largest absolute Gasteiger partial charge is 0.496 e. The van der Waals surface area contributed by atoms with Crippen LogP contribution in [0.15, 0.2) is 30.6 Å². The molecule has 0 aliphatic carbocycles. The van der Waals surface area contributed by atoms with Gasteiger partial charge in [0.15, 0.2) is 0 Å². The van der Waals surface area contributed by atoms with Crippen molar-refractivity contribution in [3.05, 3.63) is 47.3 Å². The molecule has 0 aliphatic heterocycles. The molecule has 0 bridgehead atoms. The van der Waals surface area contributed by atoms with Gasteiger partial charge in [-0.25, -0.2) is 0 Å². The van der Waals surface area contributed by atoms with E-state index in [0.717, 1.165) is 23.3 Å². The predicted octanol–water partition coefficient (Wildman–Crippen LogP) is 1.98. The van der Waals surface area contributed by atoms with Crippen LogP contribution in [0.4, 0.5) is 0 Å². The smallest absolute Gasteiger partial charge is 0.122 e. The van der Waals surface area contributed by atoms with Crippen LogP contribution < -0.4 is 10.5 Å². The SMILES string of the molecule is COc1ccc(C)cc1CC(N)c1cnn(C)c1. The van der Waals surface area contributed by atoms with E-state index in [1.54, 1.807) is 11.8 Å². The molecule has 0 radical (unpaired) electrons. The number of rotatable bonds is 4. The van der Waals surface area contributed by atoms with Gasteiger partial charge in [0, 0.05) is 24.8 Å². The highest BCUT2D eigenvalue weighted by molar-refractivity contribution is 5.38. The Kier molecular flexibility index (Phi) is 3.67. The molecule has 4 nitrogen and oxygen atoms in total. The summed E-state index contributed by atoms with van der Waals surface area (Å²) < 4.78 is 7.13. The van der Waals surface area contributed by atoms with Crippen LogP contribution in [-0.2, 0) is 13.5 Å². The van der Waals surface area contributed by atoms with Gasteiger partial charge in [0.05, 0.1) is 13.3 Å². The van der Waals surface area contributed by atoms with Gasteiger partial charge in [-0.2, -0.15) is 5.10 Å². The number of aromatic nitrogens is 2. The van der Waals surface area contributed by atoms with E-state index in [1.165, 1.54) is 5.56 Å². The summed E-state index contributed by atoms with van der Waals surface area (Å²) in [6, 6.07) is 6.09. The molecule has 0 spiro atoms. The molecule has 2 rings (SSSR count). The van der Waals surface area contributed by atoms with E-state index in [9.17, 15) is 0 Å². The summed E-state index contributed by atoms with van der Waals surface area (Å²) in [5.74, 6) is 0.889. The van der Waals surface area contributed by atoms with Gasteiger partial charge in [-0.3, -0.25) is 4.68 Å². The molecule has 0 saturated heterocycles. The minimum atomic E-state index is -0.0607. The van der Waals surface area contributed by atoms with E-state index in [0.29, 0.717) is 0 Å². The lowest BCUT2D eigenvalue weighted by Crippen LogP contribution is -2.13. The lowest BCUT2D eigenvalue weighted by molar-refractivity contribution is 0.408. The highest BCUT2D eigenvalue weighted by Crippen LogP contribution is 2.24. The molecule has 0 aliphatic rings. The molecule has 2 aromatic rings. The Hall–Kier alpha value is -1.81. The highest BCUT2D eigenvalue weighted by Gasteiger charge is 2.12. The first-order chi connectivity index (χ1) is 8.60. The van der Waals surface area contributed by atoms with E-state index in [-0.39, 0.29) is 6.04 Å². The Balaban J connectivity index is 2.20. The molecule has 0 fully saturated rings. The number of ether oxygens (including phenoxy) is 1. The van der Waals surface area contributed by atoms with Crippen molar-refractivity contribution in [3.8, 4) is 5.75 Å². The standard InChI is InChI=1S/C14H19N3O/c1-10-4-5-14(18-3)11(6-10)7-13(15)12-8-16-17(2)9-12/h4-6,8-9,13H,7,15H2,1-3H3. The van der Waals surface area contributed by atoms with Gasteiger partial charge in [0.1, 0.15) is 5.75 Å². The van der Waals surface area contributed by atoms with Crippen molar-refractivity contribution in [2.45, 2.75) is 19.4 Å². The first kappa shape index (κ1) is 12.6. The summed E-state index contributed by atoms with van der Waals surface area (Å²) in [5, 5.41) is 4.14. The van der Waals surface area contributed by atoms with Crippen LogP contribution in [0.5, 0.6) is 5.75 Å². The first-order valence-electron chi connectivity index (χ1n) is 5.98. The summed E-state index contributed by atoms with van der Waals surface area (Å²) in [6.07, 6.45) is 4.51. The Bertz CT molecular complexity index is 534. The number of nitrogens with two attached hydrogens (primary N) is 1. The van der Waals surface area contributed by atoms with Crippen molar-refractivity contribution in [3.63, 3.8) is 0 Å². The summed E-state index contributed by atoms with van der Waals surface area (Å²) in [6.45, 7) is 2.07. The van der Waals surface area contributed by atoms with Crippen molar-refractivity contribution in [1.29, 1.82) is 0 Å². The highest BCUT2D eigenvalue weighted by atomic mass is 16.5. The molecule has 1 aromatic carbocycles. The van der Waals surface area contributed by atoms with E-state index >= 15 is 0 Å². The van der Waals surface area contributed by atoms with Gasteiger partial charge in [-0.15, -0.1) is 0 Å². The second-order valence-corrected chi connectivity index (χ2v) is 4.57. The van der Waals surface area contributed by atoms with E-state index in [1.807, 2.05) is 31.6 Å². The molecule has 4 heteroatoms. The molecule has 96 valence electrons. The molecular formula is C14H19N3O. The monoisotopic (exact) mass is 245 g/mol. The van der Waals surface area contributed by atoms with Crippen molar-refractivity contribution in [2.75, 3.05) is 7.11 Å². The fourth-order valence-corrected chi connectivity index (χ4v) is 2.05. The molecule has 0 saturated carbocycles. The van der Waals surface area contributed by atoms with E-state index < -0.39 is 0 Å². The van der Waals surface area contributed by atoms with Crippen LogP contribution in [0.2, 0.25) is 0 Å². The molecular weight excluding hydrogens is 226 g/mol. The molecule has 1 unspecified atom stereocenters. The average Bonchev–Trinajstić information content (AvgIpc) is 2.76. The molecule has 0 amide bonds. The van der Waals surface area contributed by atoms with Gasteiger partial charge < -0.3 is 10.5 Å². The topological polar surface area (TPSA) is 53.1 Å². The van der Waals surface area contributed by atoms with Crippen LogP contribution >= 0.6 is 0 Å². The minimum Gasteiger partial charge on any atom is -0.496 e. The van der Waals surface area contributed by atoms with Crippen molar-refractivity contribution in [1.82, 2.24) is 9.78 Å². The number of hydrogen-bond donors (Lipinski definition) is 1. The second kappa shape index (κ2) is 5.23. The average molecular weight is 245 g/mol. The summed E-state index contributed by atoms with van der Waals surface area (Å²) in [7, 11) is 3.58. The molecule has 18 heavy (non-hydrogen) atoms. The van der Waals surface area contributed by atoms with Crippen LogP contribution in [-0.4, -0.2) is 16.9 Å². The lowest BCUT2D eigenvalue weighted by Gasteiger charge is -2.13. The van der Waals surface area contributed by atoms with Crippen molar-refractivity contribution < 1.29 is 4.74 Å². The third kappa shape index (κ3) is 2.71. The zero-order chi connectivity index (χ0) is 13.1. The Morgan fingerprint density at radius 2 is 2.22 bits per heavy atom. The van der Waals surface area contributed by atoms with Crippen LogP contribution in [0.25, 0.3) is 0 Å². The maximum Gasteiger partial charge on any atom is 0.122 e.